The molecule has 1 aromatic heterocycles. The average Bonchev–Trinajstić information content (AvgIpc) is 3.25. The third-order valence-corrected chi connectivity index (χ3v) is 6.21. The Balaban J connectivity index is 1.41. The fraction of sp³-hybridized carbons (Fsp3) is 0.222. The molecule has 32 heavy (non-hydrogen) atoms. The summed E-state index contributed by atoms with van der Waals surface area (Å²) in [5, 5.41) is 1.04. The van der Waals surface area contributed by atoms with Crippen LogP contribution in [0.5, 0.6) is 11.5 Å². The summed E-state index contributed by atoms with van der Waals surface area (Å²) < 4.78 is 10.9. The zero-order chi connectivity index (χ0) is 22.2. The summed E-state index contributed by atoms with van der Waals surface area (Å²) in [7, 11) is 3.27. The Bertz CT molecular complexity index is 1320. The lowest BCUT2D eigenvalue weighted by molar-refractivity contribution is 0.0729. The van der Waals surface area contributed by atoms with Gasteiger partial charge in [0, 0.05) is 24.0 Å². The Morgan fingerprint density at radius 2 is 1.66 bits per heavy atom. The first kappa shape index (κ1) is 20.2. The third-order valence-electron chi connectivity index (χ3n) is 6.21. The van der Waals surface area contributed by atoms with Gasteiger partial charge in [-0.15, -0.1) is 0 Å². The van der Waals surface area contributed by atoms with Crippen LogP contribution in [0, 0.1) is 6.92 Å². The summed E-state index contributed by atoms with van der Waals surface area (Å²) in [5.74, 6) is 1.43. The van der Waals surface area contributed by atoms with E-state index in [4.69, 9.17) is 9.47 Å². The zero-order valence-corrected chi connectivity index (χ0v) is 18.6. The lowest BCUT2D eigenvalue weighted by atomic mass is 9.98. The number of aromatic nitrogens is 1. The number of aromatic amines is 1. The molecule has 0 saturated heterocycles. The molecular formula is C27H26N2O3. The van der Waals surface area contributed by atoms with Crippen molar-refractivity contribution in [3.8, 4) is 22.6 Å². The minimum absolute atomic E-state index is 0.0127. The van der Waals surface area contributed by atoms with Crippen molar-refractivity contribution in [3.63, 3.8) is 0 Å². The Morgan fingerprint density at radius 1 is 0.906 bits per heavy atom. The predicted octanol–water partition coefficient (Wildman–Crippen LogP) is 5.36. The molecule has 1 aliphatic rings. The van der Waals surface area contributed by atoms with Gasteiger partial charge in [0.1, 0.15) is 5.69 Å². The van der Waals surface area contributed by atoms with E-state index in [2.05, 4.69) is 48.3 Å². The second-order valence-electron chi connectivity index (χ2n) is 8.31. The number of methoxy groups -OCH3 is 2. The molecule has 0 atom stereocenters. The maximum atomic E-state index is 13.3. The second kappa shape index (κ2) is 8.08. The first-order valence-corrected chi connectivity index (χ1v) is 10.8. The Labute approximate surface area is 187 Å². The van der Waals surface area contributed by atoms with Crippen LogP contribution >= 0.6 is 0 Å². The van der Waals surface area contributed by atoms with Crippen molar-refractivity contribution in [2.75, 3.05) is 20.8 Å². The van der Waals surface area contributed by atoms with Gasteiger partial charge < -0.3 is 19.4 Å². The summed E-state index contributed by atoms with van der Waals surface area (Å²) in [5.41, 5.74) is 7.43. The highest BCUT2D eigenvalue weighted by atomic mass is 16.5. The minimum atomic E-state index is 0.0127. The Morgan fingerprint density at radius 3 is 2.41 bits per heavy atom. The largest absolute Gasteiger partial charge is 0.493 e. The van der Waals surface area contributed by atoms with Gasteiger partial charge in [0.25, 0.3) is 5.91 Å². The van der Waals surface area contributed by atoms with Gasteiger partial charge in [0.2, 0.25) is 0 Å². The molecule has 162 valence electrons. The smallest absolute Gasteiger partial charge is 0.270 e. The molecule has 0 saturated carbocycles. The quantitative estimate of drug-likeness (QED) is 0.478. The van der Waals surface area contributed by atoms with Gasteiger partial charge in [-0.3, -0.25) is 4.79 Å². The number of hydrogen-bond donors (Lipinski definition) is 1. The number of nitrogens with zero attached hydrogens (tertiary/aromatic N) is 1. The van der Waals surface area contributed by atoms with Crippen molar-refractivity contribution in [2.45, 2.75) is 19.9 Å². The standard InChI is InChI=1S/C27H26N2O3/c1-17-5-4-6-18(11-17)19-7-8-23-21(12-19)13-24(28-23)27(30)29-10-9-20-14-25(31-2)26(32-3)15-22(20)16-29/h4-8,11-15,28H,9-10,16H2,1-3H3. The third kappa shape index (κ3) is 3.60. The second-order valence-corrected chi connectivity index (χ2v) is 8.31. The van der Waals surface area contributed by atoms with Crippen LogP contribution in [0.15, 0.2) is 60.7 Å². The van der Waals surface area contributed by atoms with E-state index in [1.165, 1.54) is 16.7 Å². The van der Waals surface area contributed by atoms with Crippen molar-refractivity contribution in [1.29, 1.82) is 0 Å². The molecule has 4 aromatic rings. The molecule has 0 aliphatic carbocycles. The number of rotatable bonds is 4. The molecule has 0 spiro atoms. The molecular weight excluding hydrogens is 400 g/mol. The minimum Gasteiger partial charge on any atom is -0.493 e. The summed E-state index contributed by atoms with van der Waals surface area (Å²) in [6.45, 7) is 3.32. The van der Waals surface area contributed by atoms with Crippen molar-refractivity contribution < 1.29 is 14.3 Å². The highest BCUT2D eigenvalue weighted by Crippen LogP contribution is 2.34. The molecule has 1 amide bonds. The van der Waals surface area contributed by atoms with Crippen molar-refractivity contribution >= 4 is 16.8 Å². The maximum absolute atomic E-state index is 13.3. The molecule has 2 heterocycles. The molecule has 0 radical (unpaired) electrons. The summed E-state index contributed by atoms with van der Waals surface area (Å²) in [6, 6.07) is 20.7. The lowest BCUT2D eigenvalue weighted by Gasteiger charge is -2.29. The molecule has 1 aliphatic heterocycles. The first-order chi connectivity index (χ1) is 15.6. The van der Waals surface area contributed by atoms with Crippen LogP contribution in [0.1, 0.15) is 27.2 Å². The van der Waals surface area contributed by atoms with E-state index in [-0.39, 0.29) is 5.91 Å². The van der Waals surface area contributed by atoms with Gasteiger partial charge in [-0.05, 0) is 65.9 Å². The summed E-state index contributed by atoms with van der Waals surface area (Å²) in [4.78, 5) is 18.5. The van der Waals surface area contributed by atoms with E-state index in [0.717, 1.165) is 34.2 Å². The number of hydrogen-bond acceptors (Lipinski definition) is 3. The van der Waals surface area contributed by atoms with Gasteiger partial charge in [0.05, 0.1) is 14.2 Å². The van der Waals surface area contributed by atoms with Gasteiger partial charge >= 0.3 is 0 Å². The lowest BCUT2D eigenvalue weighted by Crippen LogP contribution is -2.36. The van der Waals surface area contributed by atoms with E-state index >= 15 is 0 Å². The van der Waals surface area contributed by atoms with Crippen LogP contribution in [-0.4, -0.2) is 36.6 Å². The van der Waals surface area contributed by atoms with E-state index in [9.17, 15) is 4.79 Å². The maximum Gasteiger partial charge on any atom is 0.270 e. The molecule has 0 unspecified atom stereocenters. The summed E-state index contributed by atoms with van der Waals surface area (Å²) in [6.07, 6.45) is 0.791. The van der Waals surface area contributed by atoms with Crippen LogP contribution in [0.4, 0.5) is 0 Å². The highest BCUT2D eigenvalue weighted by molar-refractivity contribution is 5.99. The van der Waals surface area contributed by atoms with Crippen LogP contribution in [0.25, 0.3) is 22.0 Å². The number of ether oxygens (including phenoxy) is 2. The molecule has 0 fully saturated rings. The normalized spacial score (nSPS) is 13.2. The fourth-order valence-electron chi connectivity index (χ4n) is 4.48. The van der Waals surface area contributed by atoms with Crippen molar-refractivity contribution in [3.05, 3.63) is 83.0 Å². The van der Waals surface area contributed by atoms with Crippen molar-refractivity contribution in [2.24, 2.45) is 0 Å². The van der Waals surface area contributed by atoms with Gasteiger partial charge in [-0.25, -0.2) is 0 Å². The molecule has 1 N–H and O–H groups in total. The van der Waals surface area contributed by atoms with E-state index in [1.807, 2.05) is 29.2 Å². The van der Waals surface area contributed by atoms with Gasteiger partial charge in [0.15, 0.2) is 11.5 Å². The molecule has 5 nitrogen and oxygen atoms in total. The number of H-pyrrole nitrogens is 1. The number of fused-ring (bicyclic) bond motifs is 2. The number of aryl methyl sites for hydroxylation is 1. The Hall–Kier alpha value is -3.73. The first-order valence-electron chi connectivity index (χ1n) is 10.8. The van der Waals surface area contributed by atoms with Crippen LogP contribution < -0.4 is 9.47 Å². The van der Waals surface area contributed by atoms with E-state index < -0.39 is 0 Å². The highest BCUT2D eigenvalue weighted by Gasteiger charge is 2.24. The number of carbonyl (C=O) groups is 1. The number of amides is 1. The number of benzene rings is 3. The zero-order valence-electron chi connectivity index (χ0n) is 18.6. The van der Waals surface area contributed by atoms with Crippen LogP contribution in [-0.2, 0) is 13.0 Å². The summed E-state index contributed by atoms with van der Waals surface area (Å²) >= 11 is 0. The van der Waals surface area contributed by atoms with Crippen LogP contribution in [0.2, 0.25) is 0 Å². The molecule has 5 heteroatoms. The molecule has 0 bridgehead atoms. The van der Waals surface area contributed by atoms with Gasteiger partial charge in [-0.1, -0.05) is 35.9 Å². The van der Waals surface area contributed by atoms with Gasteiger partial charge in [-0.2, -0.15) is 0 Å². The molecule has 3 aromatic carbocycles. The topological polar surface area (TPSA) is 54.6 Å². The predicted molar refractivity (Wildman–Crippen MR) is 126 cm³/mol. The number of nitrogens with one attached hydrogen (secondary N) is 1. The fourth-order valence-corrected chi connectivity index (χ4v) is 4.48. The molecule has 5 rings (SSSR count). The monoisotopic (exact) mass is 426 g/mol. The number of carbonyl (C=O) groups excluding carboxylic acids is 1. The van der Waals surface area contributed by atoms with Crippen molar-refractivity contribution in [1.82, 2.24) is 9.88 Å². The van der Waals surface area contributed by atoms with E-state index in [1.54, 1.807) is 14.2 Å². The SMILES string of the molecule is COc1cc2c(cc1OC)CN(C(=O)c1cc3cc(-c4cccc(C)c4)ccc3[nH]1)CC2. The van der Waals surface area contributed by atoms with Crippen LogP contribution in [0.3, 0.4) is 0 Å². The Kier molecular flexibility index (Phi) is 5.10. The van der Waals surface area contributed by atoms with E-state index in [0.29, 0.717) is 24.5 Å². The average molecular weight is 427 g/mol.